The molecule has 96 valence electrons. The first kappa shape index (κ1) is 13.2. The van der Waals surface area contributed by atoms with Crippen molar-refractivity contribution >= 4 is 11.8 Å². The summed E-state index contributed by atoms with van der Waals surface area (Å²) in [5, 5.41) is 9.43. The zero-order valence-corrected chi connectivity index (χ0v) is 11.5. The van der Waals surface area contributed by atoms with Gasteiger partial charge in [-0.15, -0.1) is 11.8 Å². The van der Waals surface area contributed by atoms with Crippen molar-refractivity contribution in [3.05, 3.63) is 48.0 Å². The molecule has 3 nitrogen and oxygen atoms in total. The summed E-state index contributed by atoms with van der Waals surface area (Å²) in [7, 11) is 0. The highest BCUT2D eigenvalue weighted by molar-refractivity contribution is 7.99. The van der Waals surface area contributed by atoms with Gasteiger partial charge in [0, 0.05) is 29.6 Å². The van der Waals surface area contributed by atoms with Crippen LogP contribution in [0.4, 0.5) is 0 Å². The Labute approximate surface area is 112 Å². The predicted octanol–water partition coefficient (Wildman–Crippen LogP) is 3.04. The summed E-state index contributed by atoms with van der Waals surface area (Å²) in [6, 6.07) is 8.09. The highest BCUT2D eigenvalue weighted by Gasteiger charge is 2.01. The molecule has 0 saturated heterocycles. The Morgan fingerprint density at radius 2 is 2.06 bits per heavy atom. The number of aromatic nitrogens is 2. The van der Waals surface area contributed by atoms with Crippen LogP contribution in [0.15, 0.2) is 41.6 Å². The number of thioether (sulfide) groups is 1. The van der Waals surface area contributed by atoms with Crippen molar-refractivity contribution in [2.24, 2.45) is 0 Å². The molecule has 0 spiro atoms. The minimum absolute atomic E-state index is 0.391. The number of hydrogen-bond donors (Lipinski definition) is 1. The second kappa shape index (κ2) is 6.07. The second-order valence-electron chi connectivity index (χ2n) is 4.26. The van der Waals surface area contributed by atoms with Crippen molar-refractivity contribution in [1.82, 2.24) is 9.55 Å². The van der Waals surface area contributed by atoms with Gasteiger partial charge >= 0.3 is 0 Å². The molecule has 0 aliphatic heterocycles. The molecule has 1 atom stereocenters. The topological polar surface area (TPSA) is 38.0 Å². The third-order valence-electron chi connectivity index (χ3n) is 2.89. The van der Waals surface area contributed by atoms with Crippen LogP contribution in [0.3, 0.4) is 0 Å². The van der Waals surface area contributed by atoms with E-state index >= 15 is 0 Å². The van der Waals surface area contributed by atoms with Crippen LogP contribution in [0, 0.1) is 6.92 Å². The molecule has 2 rings (SSSR count). The number of aliphatic hydroxyl groups excluding tert-OH is 1. The fourth-order valence-electron chi connectivity index (χ4n) is 1.74. The van der Waals surface area contributed by atoms with E-state index in [-0.39, 0.29) is 0 Å². The molecule has 1 heterocycles. The third-order valence-corrected chi connectivity index (χ3v) is 3.88. The van der Waals surface area contributed by atoms with Crippen molar-refractivity contribution < 1.29 is 5.11 Å². The van der Waals surface area contributed by atoms with Crippen LogP contribution in [0.5, 0.6) is 0 Å². The smallest absolute Gasteiger partial charge is 0.105 e. The van der Waals surface area contributed by atoms with Crippen LogP contribution >= 0.6 is 11.8 Å². The van der Waals surface area contributed by atoms with Crippen LogP contribution in [0.25, 0.3) is 0 Å². The Kier molecular flexibility index (Phi) is 4.44. The maximum absolute atomic E-state index is 9.43. The molecule has 1 N–H and O–H groups in total. The average Bonchev–Trinajstić information content (AvgIpc) is 2.76. The van der Waals surface area contributed by atoms with Gasteiger partial charge in [-0.05, 0) is 31.5 Å². The van der Waals surface area contributed by atoms with Gasteiger partial charge in [0.2, 0.25) is 0 Å². The molecule has 1 aromatic heterocycles. The van der Waals surface area contributed by atoms with E-state index in [0.717, 1.165) is 23.7 Å². The van der Waals surface area contributed by atoms with E-state index in [2.05, 4.69) is 21.7 Å². The maximum Gasteiger partial charge on any atom is 0.105 e. The van der Waals surface area contributed by atoms with Gasteiger partial charge in [0.15, 0.2) is 0 Å². The van der Waals surface area contributed by atoms with Crippen LogP contribution < -0.4 is 0 Å². The van der Waals surface area contributed by atoms with E-state index in [1.165, 1.54) is 4.90 Å². The molecule has 4 heteroatoms. The Morgan fingerprint density at radius 1 is 1.33 bits per heavy atom. The van der Waals surface area contributed by atoms with Gasteiger partial charge in [-0.25, -0.2) is 4.98 Å². The molecule has 0 aliphatic rings. The minimum Gasteiger partial charge on any atom is -0.389 e. The predicted molar refractivity (Wildman–Crippen MR) is 74.8 cm³/mol. The highest BCUT2D eigenvalue weighted by Crippen LogP contribution is 2.21. The zero-order valence-electron chi connectivity index (χ0n) is 10.7. The molecule has 0 saturated carbocycles. The summed E-state index contributed by atoms with van der Waals surface area (Å²) in [6.45, 7) is 4.76. The summed E-state index contributed by atoms with van der Waals surface area (Å²) >= 11 is 1.82. The fraction of sp³-hybridized carbons (Fsp3) is 0.357. The third kappa shape index (κ3) is 3.37. The van der Waals surface area contributed by atoms with E-state index in [4.69, 9.17) is 0 Å². The summed E-state index contributed by atoms with van der Waals surface area (Å²) in [5.41, 5.74) is 0.963. The number of hydrogen-bond acceptors (Lipinski definition) is 3. The normalized spacial score (nSPS) is 12.6. The maximum atomic E-state index is 9.43. The van der Waals surface area contributed by atoms with Gasteiger partial charge in [0.05, 0.1) is 6.10 Å². The molecule has 1 unspecified atom stereocenters. The van der Waals surface area contributed by atoms with Crippen LogP contribution in [-0.4, -0.2) is 20.4 Å². The lowest BCUT2D eigenvalue weighted by Crippen LogP contribution is -2.01. The number of nitrogens with zero attached hydrogens (tertiary/aromatic N) is 2. The van der Waals surface area contributed by atoms with E-state index in [1.807, 2.05) is 43.2 Å². The Morgan fingerprint density at radius 3 is 2.61 bits per heavy atom. The molecule has 0 amide bonds. The Hall–Kier alpha value is -1.26. The van der Waals surface area contributed by atoms with Crippen molar-refractivity contribution in [1.29, 1.82) is 0 Å². The number of rotatable bonds is 5. The zero-order chi connectivity index (χ0) is 13.0. The number of aliphatic hydroxyl groups is 1. The monoisotopic (exact) mass is 262 g/mol. The first-order valence-electron chi connectivity index (χ1n) is 6.05. The van der Waals surface area contributed by atoms with Gasteiger partial charge in [0.25, 0.3) is 0 Å². The van der Waals surface area contributed by atoms with Gasteiger partial charge < -0.3 is 9.67 Å². The van der Waals surface area contributed by atoms with E-state index in [9.17, 15) is 5.11 Å². The molecule has 0 fully saturated rings. The quantitative estimate of drug-likeness (QED) is 0.842. The standard InChI is InChI=1S/C14H18N2OS/c1-11(17)13-3-5-14(6-4-13)18-10-9-16-8-7-15-12(16)2/h3-8,11,17H,9-10H2,1-2H3. The Balaban J connectivity index is 1.85. The van der Waals surface area contributed by atoms with Crippen LogP contribution in [0.2, 0.25) is 0 Å². The second-order valence-corrected chi connectivity index (χ2v) is 5.43. The van der Waals surface area contributed by atoms with Crippen molar-refractivity contribution in [3.63, 3.8) is 0 Å². The van der Waals surface area contributed by atoms with Gasteiger partial charge in [-0.3, -0.25) is 0 Å². The van der Waals surface area contributed by atoms with E-state index < -0.39 is 6.10 Å². The Bertz CT molecular complexity index is 491. The highest BCUT2D eigenvalue weighted by atomic mass is 32.2. The molecule has 2 aromatic rings. The van der Waals surface area contributed by atoms with Crippen LogP contribution in [0.1, 0.15) is 24.4 Å². The molecule has 0 aliphatic carbocycles. The van der Waals surface area contributed by atoms with Crippen molar-refractivity contribution in [3.8, 4) is 0 Å². The van der Waals surface area contributed by atoms with E-state index in [1.54, 1.807) is 6.92 Å². The lowest BCUT2D eigenvalue weighted by Gasteiger charge is -2.07. The summed E-state index contributed by atoms with van der Waals surface area (Å²) in [6.07, 6.45) is 3.45. The number of imidazole rings is 1. The van der Waals surface area contributed by atoms with Crippen LogP contribution in [-0.2, 0) is 6.54 Å². The van der Waals surface area contributed by atoms with Crippen molar-refractivity contribution in [2.75, 3.05) is 5.75 Å². The summed E-state index contributed by atoms with van der Waals surface area (Å²) in [5.74, 6) is 2.07. The lowest BCUT2D eigenvalue weighted by molar-refractivity contribution is 0.199. The molecular formula is C14H18N2OS. The number of aryl methyl sites for hydroxylation is 2. The average molecular weight is 262 g/mol. The molecule has 0 bridgehead atoms. The van der Waals surface area contributed by atoms with Crippen molar-refractivity contribution in [2.45, 2.75) is 31.4 Å². The summed E-state index contributed by atoms with van der Waals surface area (Å²) in [4.78, 5) is 5.43. The molecular weight excluding hydrogens is 244 g/mol. The van der Waals surface area contributed by atoms with Gasteiger partial charge in [0.1, 0.15) is 5.82 Å². The summed E-state index contributed by atoms with van der Waals surface area (Å²) < 4.78 is 2.15. The van der Waals surface area contributed by atoms with Gasteiger partial charge in [-0.1, -0.05) is 12.1 Å². The SMILES string of the molecule is Cc1nccn1CCSc1ccc(C(C)O)cc1. The van der Waals surface area contributed by atoms with Gasteiger partial charge in [-0.2, -0.15) is 0 Å². The molecule has 1 aromatic carbocycles. The largest absolute Gasteiger partial charge is 0.389 e. The minimum atomic E-state index is -0.391. The molecule has 18 heavy (non-hydrogen) atoms. The first-order chi connectivity index (χ1) is 8.66. The number of benzene rings is 1. The lowest BCUT2D eigenvalue weighted by atomic mass is 10.1. The first-order valence-corrected chi connectivity index (χ1v) is 7.04. The van der Waals surface area contributed by atoms with E-state index in [0.29, 0.717) is 0 Å². The molecule has 0 radical (unpaired) electrons. The fourth-order valence-corrected chi connectivity index (χ4v) is 2.60.